The van der Waals surface area contributed by atoms with Crippen LogP contribution in [0.2, 0.25) is 0 Å². The van der Waals surface area contributed by atoms with Crippen LogP contribution in [0.25, 0.3) is 0 Å². The molecule has 2 aliphatic rings. The first-order valence-electron chi connectivity index (χ1n) is 5.20. The molecule has 0 aromatic heterocycles. The summed E-state index contributed by atoms with van der Waals surface area (Å²) in [7, 11) is 0. The second-order valence-corrected chi connectivity index (χ2v) is 4.23. The molecule has 1 aliphatic carbocycles. The van der Waals surface area contributed by atoms with Gasteiger partial charge in [-0.15, -0.1) is 0 Å². The second-order valence-electron chi connectivity index (χ2n) is 4.23. The molecule has 1 saturated carbocycles. The Bertz CT molecular complexity index is 264. The highest BCUT2D eigenvalue weighted by Crippen LogP contribution is 2.33. The molecule has 2 atom stereocenters. The first-order chi connectivity index (χ1) is 6.68. The number of carbonyl (C=O) groups is 2. The van der Waals surface area contributed by atoms with Crippen LogP contribution in [0.5, 0.6) is 0 Å². The molecule has 2 rings (SSSR count). The molecule has 0 radical (unpaired) electrons. The zero-order valence-corrected chi connectivity index (χ0v) is 8.11. The van der Waals surface area contributed by atoms with Gasteiger partial charge in [-0.1, -0.05) is 0 Å². The fourth-order valence-electron chi connectivity index (χ4n) is 2.67. The maximum Gasteiger partial charge on any atom is 0.407 e. The van der Waals surface area contributed by atoms with Crippen molar-refractivity contribution in [1.29, 1.82) is 0 Å². The summed E-state index contributed by atoms with van der Waals surface area (Å²) in [6.07, 6.45) is 3.14. The van der Waals surface area contributed by atoms with E-state index in [2.05, 4.69) is 0 Å². The van der Waals surface area contributed by atoms with Gasteiger partial charge in [0.25, 0.3) is 0 Å². The zero-order chi connectivity index (χ0) is 10.1. The van der Waals surface area contributed by atoms with Crippen molar-refractivity contribution >= 4 is 11.9 Å². The fourth-order valence-corrected chi connectivity index (χ4v) is 2.67. The summed E-state index contributed by atoms with van der Waals surface area (Å²) in [5.41, 5.74) is 0. The Morgan fingerprint density at radius 2 is 2.21 bits per heavy atom. The molecule has 0 bridgehead atoms. The van der Waals surface area contributed by atoms with Gasteiger partial charge in [-0.25, -0.2) is 4.79 Å². The van der Waals surface area contributed by atoms with E-state index in [-0.39, 0.29) is 11.8 Å². The number of fused-ring (bicyclic) bond motifs is 1. The summed E-state index contributed by atoms with van der Waals surface area (Å²) >= 11 is 0. The molecule has 0 aromatic carbocycles. The van der Waals surface area contributed by atoms with E-state index in [0.717, 1.165) is 19.3 Å². The van der Waals surface area contributed by atoms with Crippen LogP contribution >= 0.6 is 0 Å². The molecule has 0 spiro atoms. The number of ketones is 1. The molecular weight excluding hydrogens is 182 g/mol. The van der Waals surface area contributed by atoms with Gasteiger partial charge in [-0.3, -0.25) is 4.79 Å². The van der Waals surface area contributed by atoms with E-state index in [0.29, 0.717) is 25.3 Å². The minimum absolute atomic E-state index is 0.0255. The summed E-state index contributed by atoms with van der Waals surface area (Å²) in [6, 6.07) is -0.0255. The predicted octanol–water partition coefficient (Wildman–Crippen LogP) is 1.50. The summed E-state index contributed by atoms with van der Waals surface area (Å²) in [6.45, 7) is 0.601. The molecule has 0 unspecified atom stereocenters. The first kappa shape index (κ1) is 9.49. The maximum absolute atomic E-state index is 11.3. The van der Waals surface area contributed by atoms with Gasteiger partial charge in [0.2, 0.25) is 0 Å². The maximum atomic E-state index is 11.3. The molecule has 78 valence electrons. The van der Waals surface area contributed by atoms with Crippen molar-refractivity contribution in [2.75, 3.05) is 6.54 Å². The summed E-state index contributed by atoms with van der Waals surface area (Å²) in [4.78, 5) is 23.7. The van der Waals surface area contributed by atoms with E-state index >= 15 is 0 Å². The Kier molecular flexibility index (Phi) is 2.44. The van der Waals surface area contributed by atoms with Crippen molar-refractivity contribution < 1.29 is 14.7 Å². The third-order valence-electron chi connectivity index (χ3n) is 3.39. The summed E-state index contributed by atoms with van der Waals surface area (Å²) < 4.78 is 0. The monoisotopic (exact) mass is 197 g/mol. The minimum atomic E-state index is -0.866. The number of likely N-dealkylation sites (tertiary alicyclic amines) is 1. The van der Waals surface area contributed by atoms with Crippen molar-refractivity contribution in [2.24, 2.45) is 5.92 Å². The average Bonchev–Trinajstić information content (AvgIpc) is 2.16. The fraction of sp³-hybridized carbons (Fsp3) is 0.800. The first-order valence-corrected chi connectivity index (χ1v) is 5.20. The molecule has 4 nitrogen and oxygen atoms in total. The molecule has 0 aromatic rings. The van der Waals surface area contributed by atoms with Gasteiger partial charge in [-0.05, 0) is 25.2 Å². The third-order valence-corrected chi connectivity index (χ3v) is 3.39. The van der Waals surface area contributed by atoms with Crippen LogP contribution in [0.15, 0.2) is 0 Å². The van der Waals surface area contributed by atoms with Crippen LogP contribution in [0.3, 0.4) is 0 Å². The zero-order valence-electron chi connectivity index (χ0n) is 8.11. The van der Waals surface area contributed by atoms with Crippen LogP contribution in [0, 0.1) is 5.92 Å². The molecule has 2 fully saturated rings. The van der Waals surface area contributed by atoms with E-state index in [1.807, 2.05) is 0 Å². The van der Waals surface area contributed by atoms with Gasteiger partial charge in [-0.2, -0.15) is 0 Å². The van der Waals surface area contributed by atoms with E-state index in [1.54, 1.807) is 0 Å². The number of hydrogen-bond donors (Lipinski definition) is 1. The van der Waals surface area contributed by atoms with Crippen LogP contribution in [-0.2, 0) is 4.79 Å². The number of carbonyl (C=O) groups excluding carboxylic acids is 1. The Morgan fingerprint density at radius 3 is 2.93 bits per heavy atom. The van der Waals surface area contributed by atoms with E-state index in [9.17, 15) is 9.59 Å². The molecule has 1 aliphatic heterocycles. The van der Waals surface area contributed by atoms with Gasteiger partial charge in [0, 0.05) is 25.4 Å². The number of amides is 1. The lowest BCUT2D eigenvalue weighted by molar-refractivity contribution is -0.123. The molecule has 1 amide bonds. The smallest absolute Gasteiger partial charge is 0.407 e. The lowest BCUT2D eigenvalue weighted by Crippen LogP contribution is -2.50. The van der Waals surface area contributed by atoms with E-state index in [4.69, 9.17) is 5.11 Å². The molecule has 1 N–H and O–H groups in total. The third kappa shape index (κ3) is 1.61. The Hall–Kier alpha value is -1.06. The standard InChI is InChI=1S/C10H15NO3/c12-8-4-3-7-2-1-5-11(10(13)14)9(7)6-8/h7,9H,1-6H2,(H,13,14)/t7-,9-/m0/s1. The average molecular weight is 197 g/mol. The van der Waals surface area contributed by atoms with Gasteiger partial charge < -0.3 is 10.0 Å². The Balaban J connectivity index is 2.12. The number of carboxylic acid groups (broad SMARTS) is 1. The van der Waals surface area contributed by atoms with Crippen molar-refractivity contribution in [3.8, 4) is 0 Å². The number of Topliss-reactive ketones (excluding diaryl/α,β-unsaturated/α-hetero) is 1. The van der Waals surface area contributed by atoms with Crippen LogP contribution in [0.1, 0.15) is 32.1 Å². The quantitative estimate of drug-likeness (QED) is 0.640. The normalized spacial score (nSPS) is 32.6. The van der Waals surface area contributed by atoms with Crippen LogP contribution in [0.4, 0.5) is 4.79 Å². The highest BCUT2D eigenvalue weighted by atomic mass is 16.4. The van der Waals surface area contributed by atoms with Gasteiger partial charge >= 0.3 is 6.09 Å². The lowest BCUT2D eigenvalue weighted by Gasteiger charge is -2.41. The summed E-state index contributed by atoms with van der Waals surface area (Å²) in [5, 5.41) is 8.98. The highest BCUT2D eigenvalue weighted by Gasteiger charge is 2.38. The number of hydrogen-bond acceptors (Lipinski definition) is 2. The number of rotatable bonds is 0. The highest BCUT2D eigenvalue weighted by molar-refractivity contribution is 5.80. The van der Waals surface area contributed by atoms with Crippen molar-refractivity contribution in [1.82, 2.24) is 4.90 Å². The molecular formula is C10H15NO3. The molecule has 14 heavy (non-hydrogen) atoms. The van der Waals surface area contributed by atoms with Crippen molar-refractivity contribution in [3.63, 3.8) is 0 Å². The van der Waals surface area contributed by atoms with Gasteiger partial charge in [0.05, 0.1) is 0 Å². The van der Waals surface area contributed by atoms with E-state index < -0.39 is 6.09 Å². The SMILES string of the molecule is O=C1CC[C@@H]2CCCN(C(=O)O)[C@H]2C1. The Labute approximate surface area is 82.9 Å². The topological polar surface area (TPSA) is 57.6 Å². The van der Waals surface area contributed by atoms with Crippen molar-refractivity contribution in [2.45, 2.75) is 38.1 Å². The number of piperidine rings is 1. The lowest BCUT2D eigenvalue weighted by atomic mass is 9.78. The van der Waals surface area contributed by atoms with Gasteiger partial charge in [0.1, 0.15) is 5.78 Å². The number of nitrogens with zero attached hydrogens (tertiary/aromatic N) is 1. The molecule has 1 heterocycles. The van der Waals surface area contributed by atoms with Crippen LogP contribution < -0.4 is 0 Å². The molecule has 1 saturated heterocycles. The molecule has 4 heteroatoms. The summed E-state index contributed by atoms with van der Waals surface area (Å²) in [5.74, 6) is 0.650. The minimum Gasteiger partial charge on any atom is -0.465 e. The largest absolute Gasteiger partial charge is 0.465 e. The Morgan fingerprint density at radius 1 is 1.43 bits per heavy atom. The van der Waals surface area contributed by atoms with Crippen LogP contribution in [-0.4, -0.2) is 34.5 Å². The predicted molar refractivity (Wildman–Crippen MR) is 50.1 cm³/mol. The van der Waals surface area contributed by atoms with Crippen molar-refractivity contribution in [3.05, 3.63) is 0 Å². The van der Waals surface area contributed by atoms with Gasteiger partial charge in [0.15, 0.2) is 0 Å². The second kappa shape index (κ2) is 3.59. The van der Waals surface area contributed by atoms with E-state index in [1.165, 1.54) is 4.90 Å².